The van der Waals surface area contributed by atoms with Gasteiger partial charge in [0.05, 0.1) is 16.1 Å². The lowest BCUT2D eigenvalue weighted by atomic mass is 10.4. The third-order valence-electron chi connectivity index (χ3n) is 8.54. The van der Waals surface area contributed by atoms with Gasteiger partial charge in [-0.05, 0) is 67.3 Å². The van der Waals surface area contributed by atoms with E-state index < -0.39 is 32.3 Å². The van der Waals surface area contributed by atoms with Crippen molar-refractivity contribution in [3.05, 3.63) is 10.4 Å². The minimum atomic E-state index is -1.78. The first-order valence-corrected chi connectivity index (χ1v) is 26.4. The zero-order valence-electron chi connectivity index (χ0n) is 28.5. The third kappa shape index (κ3) is 8.93. The highest BCUT2D eigenvalue weighted by atomic mass is 28.3. The molecule has 4 heteroatoms. The monoisotopic (exact) mass is 580 g/mol. The average Bonchev–Trinajstić information content (AvgIpc) is 2.70. The molecule has 0 aromatic heterocycles. The van der Waals surface area contributed by atoms with Crippen LogP contribution in [0.2, 0.25) is 72.5 Å². The second-order valence-corrected chi connectivity index (χ2v) is 36.2. The van der Waals surface area contributed by atoms with E-state index in [0.29, 0.717) is 33.2 Å². The third-order valence-corrected chi connectivity index (χ3v) is 25.1. The highest BCUT2D eigenvalue weighted by Crippen LogP contribution is 2.41. The van der Waals surface area contributed by atoms with Crippen molar-refractivity contribution in [1.82, 2.24) is 0 Å². The summed E-state index contributed by atoms with van der Waals surface area (Å²) in [5.74, 6) is 20.7. The molecule has 0 aliphatic rings. The molecule has 0 aliphatic heterocycles. The van der Waals surface area contributed by atoms with Crippen LogP contribution in [0.3, 0.4) is 0 Å². The summed E-state index contributed by atoms with van der Waals surface area (Å²) < 4.78 is 0. The number of hydrogen-bond acceptors (Lipinski definition) is 0. The molecule has 0 unspecified atom stereocenters. The molecule has 0 aromatic carbocycles. The number of hydrogen-bond donors (Lipinski definition) is 0. The van der Waals surface area contributed by atoms with Crippen LogP contribution in [-0.2, 0) is 0 Å². The molecule has 0 atom stereocenters. The van der Waals surface area contributed by atoms with Gasteiger partial charge in [0.15, 0.2) is 0 Å². The summed E-state index contributed by atoms with van der Waals surface area (Å²) in [7, 11) is -7.02. The van der Waals surface area contributed by atoms with E-state index in [4.69, 9.17) is 0 Å². The van der Waals surface area contributed by atoms with Crippen molar-refractivity contribution in [2.75, 3.05) is 0 Å². The molecule has 0 aliphatic carbocycles. The van der Waals surface area contributed by atoms with Crippen molar-refractivity contribution in [3.63, 3.8) is 0 Å². The molecule has 0 bridgehead atoms. The first kappa shape index (κ1) is 36.8. The minimum Gasteiger partial charge on any atom is -0.116 e. The molecule has 0 nitrogen and oxygen atoms in total. The lowest BCUT2D eigenvalue weighted by Gasteiger charge is -2.37. The standard InChI is InChI=1S/C34H60Si4/c1-27(2)37(28(3)4,29(5)6)25-21-19-23-33(35(13,14)15)34(36(16,17)18)24-20-22-26-38(30(7)8,31(9)10)32(11)12/h27-32H,1-18H3/b34-33+. The van der Waals surface area contributed by atoms with Crippen LogP contribution in [0, 0.1) is 46.6 Å². The molecule has 0 radical (unpaired) electrons. The summed E-state index contributed by atoms with van der Waals surface area (Å²) in [6, 6.07) is 0. The molecule has 0 spiro atoms. The van der Waals surface area contributed by atoms with Gasteiger partial charge in [0.2, 0.25) is 0 Å². The van der Waals surface area contributed by atoms with E-state index in [1.807, 2.05) is 0 Å². The zero-order chi connectivity index (χ0) is 30.3. The van der Waals surface area contributed by atoms with Crippen molar-refractivity contribution in [1.29, 1.82) is 0 Å². The summed E-state index contributed by atoms with van der Waals surface area (Å²) in [6.45, 7) is 42.6. The molecular weight excluding hydrogens is 521 g/mol. The van der Waals surface area contributed by atoms with Gasteiger partial charge in [0.25, 0.3) is 0 Å². The lowest BCUT2D eigenvalue weighted by molar-refractivity contribution is 0.838. The van der Waals surface area contributed by atoms with Gasteiger partial charge in [-0.3, -0.25) is 0 Å². The fraction of sp³-hybridized carbons (Fsp3) is 0.706. The second kappa shape index (κ2) is 14.5. The first-order chi connectivity index (χ1) is 17.1. The van der Waals surface area contributed by atoms with Gasteiger partial charge in [0.1, 0.15) is 16.1 Å². The van der Waals surface area contributed by atoms with E-state index >= 15 is 0 Å². The van der Waals surface area contributed by atoms with Gasteiger partial charge < -0.3 is 0 Å². The van der Waals surface area contributed by atoms with E-state index in [9.17, 15) is 0 Å². The summed E-state index contributed by atoms with van der Waals surface area (Å²) in [4.78, 5) is 0. The Hall–Kier alpha value is -1.15. The molecule has 0 N–H and O–H groups in total. The van der Waals surface area contributed by atoms with Crippen molar-refractivity contribution in [2.45, 2.75) is 156 Å². The average molecular weight is 581 g/mol. The molecular formula is C34H60Si4. The predicted molar refractivity (Wildman–Crippen MR) is 187 cm³/mol. The molecule has 0 rings (SSSR count). The fourth-order valence-corrected chi connectivity index (χ4v) is 21.6. The van der Waals surface area contributed by atoms with E-state index in [2.05, 4.69) is 169 Å². The number of allylic oxidation sites excluding steroid dienone is 2. The van der Waals surface area contributed by atoms with Crippen LogP contribution in [0.5, 0.6) is 0 Å². The van der Waals surface area contributed by atoms with Crippen molar-refractivity contribution in [3.8, 4) is 46.6 Å². The van der Waals surface area contributed by atoms with Crippen LogP contribution in [0.4, 0.5) is 0 Å². The predicted octanol–water partition coefficient (Wildman–Crippen LogP) is 10.5. The molecule has 212 valence electrons. The second-order valence-electron chi connectivity index (χ2n) is 15.0. The smallest absolute Gasteiger partial charge is 0.116 e. The maximum Gasteiger partial charge on any atom is 0.147 e. The van der Waals surface area contributed by atoms with E-state index in [1.165, 1.54) is 10.4 Å². The van der Waals surface area contributed by atoms with Gasteiger partial charge in [0, 0.05) is 0 Å². The molecule has 0 saturated carbocycles. The maximum atomic E-state index is 3.78. The Bertz CT molecular complexity index is 940. The molecule has 38 heavy (non-hydrogen) atoms. The van der Waals surface area contributed by atoms with Crippen LogP contribution < -0.4 is 0 Å². The highest BCUT2D eigenvalue weighted by molar-refractivity contribution is 6.92. The molecule has 0 saturated heterocycles. The fourth-order valence-electron chi connectivity index (χ4n) is 6.58. The van der Waals surface area contributed by atoms with Crippen LogP contribution in [0.25, 0.3) is 0 Å². The van der Waals surface area contributed by atoms with Crippen LogP contribution in [0.1, 0.15) is 83.1 Å². The van der Waals surface area contributed by atoms with Crippen molar-refractivity contribution in [2.24, 2.45) is 0 Å². The molecule has 0 heterocycles. The van der Waals surface area contributed by atoms with Gasteiger partial charge in [-0.1, -0.05) is 134 Å². The Kier molecular flexibility index (Phi) is 14.0. The topological polar surface area (TPSA) is 0 Å². The van der Waals surface area contributed by atoms with E-state index in [1.54, 1.807) is 0 Å². The van der Waals surface area contributed by atoms with Crippen LogP contribution >= 0.6 is 0 Å². The number of rotatable bonds is 8. The Labute approximate surface area is 244 Å². The van der Waals surface area contributed by atoms with Crippen LogP contribution in [0.15, 0.2) is 10.4 Å². The molecule has 0 fully saturated rings. The Morgan fingerprint density at radius 1 is 0.368 bits per heavy atom. The lowest BCUT2D eigenvalue weighted by Crippen LogP contribution is -2.43. The highest BCUT2D eigenvalue weighted by Gasteiger charge is 2.42. The normalized spacial score (nSPS) is 13.5. The van der Waals surface area contributed by atoms with E-state index in [0.717, 1.165) is 0 Å². The van der Waals surface area contributed by atoms with Crippen LogP contribution in [-0.4, -0.2) is 32.3 Å². The van der Waals surface area contributed by atoms with Gasteiger partial charge in [-0.15, -0.1) is 11.1 Å². The van der Waals surface area contributed by atoms with Crippen molar-refractivity contribution < 1.29 is 0 Å². The van der Waals surface area contributed by atoms with Gasteiger partial charge >= 0.3 is 0 Å². The summed E-state index contributed by atoms with van der Waals surface area (Å²) >= 11 is 0. The zero-order valence-corrected chi connectivity index (χ0v) is 32.5. The summed E-state index contributed by atoms with van der Waals surface area (Å²) in [6.07, 6.45) is 0. The van der Waals surface area contributed by atoms with Gasteiger partial charge in [-0.25, -0.2) is 0 Å². The van der Waals surface area contributed by atoms with Gasteiger partial charge in [-0.2, -0.15) is 0 Å². The molecule has 0 amide bonds. The summed E-state index contributed by atoms with van der Waals surface area (Å²) in [5.41, 5.74) is 11.3. The minimum absolute atomic E-state index is 0.615. The largest absolute Gasteiger partial charge is 0.147 e. The first-order valence-electron chi connectivity index (χ1n) is 14.9. The SMILES string of the molecule is CC(C)[Si](C#CC#C/C(=C(/C#CC#C[Si](C(C)C)(C(C)C)C(C)C)[Si](C)(C)C)[Si](C)(C)C)(C(C)C)C(C)C. The van der Waals surface area contributed by atoms with E-state index in [-0.39, 0.29) is 0 Å². The molecule has 0 aromatic rings. The Morgan fingerprint density at radius 3 is 0.737 bits per heavy atom. The quantitative estimate of drug-likeness (QED) is 0.198. The van der Waals surface area contributed by atoms with Crippen molar-refractivity contribution >= 4 is 32.3 Å². The maximum absolute atomic E-state index is 3.78. The Morgan fingerprint density at radius 2 is 0.579 bits per heavy atom. The summed E-state index contributed by atoms with van der Waals surface area (Å²) in [5, 5.41) is 2.57. The Balaban J connectivity index is 7.09.